The van der Waals surface area contributed by atoms with Crippen molar-refractivity contribution in [1.29, 1.82) is 0 Å². The molecule has 0 spiro atoms. The van der Waals surface area contributed by atoms with E-state index in [2.05, 4.69) is 20.4 Å². The van der Waals surface area contributed by atoms with Gasteiger partial charge in [-0.1, -0.05) is 5.10 Å². The Labute approximate surface area is 101 Å². The van der Waals surface area contributed by atoms with Crippen molar-refractivity contribution in [1.82, 2.24) is 20.4 Å². The molecule has 17 heavy (non-hydrogen) atoms. The lowest BCUT2D eigenvalue weighted by molar-refractivity contribution is 0.0475. The molecule has 7 nitrogen and oxygen atoms in total. The van der Waals surface area contributed by atoms with Crippen LogP contribution in [0.3, 0.4) is 0 Å². The third-order valence-corrected chi connectivity index (χ3v) is 2.36. The fraction of sp³-hybridized carbons (Fsp3) is 0.222. The molecule has 0 aromatic carbocycles. The first kappa shape index (κ1) is 11.5. The average molecular weight is 252 g/mol. The van der Waals surface area contributed by atoms with E-state index >= 15 is 0 Å². The van der Waals surface area contributed by atoms with Crippen LogP contribution in [0.15, 0.2) is 33.0 Å². The van der Waals surface area contributed by atoms with E-state index in [4.69, 9.17) is 9.15 Å². The van der Waals surface area contributed by atoms with Crippen molar-refractivity contribution >= 4 is 17.7 Å². The minimum atomic E-state index is -0.633. The van der Waals surface area contributed by atoms with Gasteiger partial charge in [-0.15, -0.1) is 10.2 Å². The third-order valence-electron chi connectivity index (χ3n) is 1.60. The number of ether oxygens (including phenoxy) is 1. The topological polar surface area (TPSA) is 91.0 Å². The molecule has 0 radical (unpaired) electrons. The molecule has 0 N–H and O–H groups in total. The second-order valence-corrected chi connectivity index (χ2v) is 3.73. The summed E-state index contributed by atoms with van der Waals surface area (Å²) in [6.45, 7) is 1.96. The highest BCUT2D eigenvalue weighted by Gasteiger charge is 2.16. The van der Waals surface area contributed by atoms with Crippen LogP contribution in [-0.2, 0) is 4.74 Å². The summed E-state index contributed by atoms with van der Waals surface area (Å²) in [5.74, 6) is -0.802. The van der Waals surface area contributed by atoms with E-state index in [1.54, 1.807) is 25.3 Å². The quantitative estimate of drug-likeness (QED) is 0.749. The summed E-state index contributed by atoms with van der Waals surface area (Å²) in [7, 11) is 0. The minimum absolute atomic E-state index is 0.168. The van der Waals surface area contributed by atoms with Gasteiger partial charge in [0.15, 0.2) is 0 Å². The molecule has 0 aliphatic rings. The summed E-state index contributed by atoms with van der Waals surface area (Å²) in [5, 5.41) is 15.6. The van der Waals surface area contributed by atoms with Gasteiger partial charge in [0.2, 0.25) is 0 Å². The van der Waals surface area contributed by atoms with Crippen LogP contribution >= 0.6 is 11.8 Å². The zero-order chi connectivity index (χ0) is 12.1. The Morgan fingerprint density at radius 3 is 3.06 bits per heavy atom. The number of aromatic nitrogens is 4. The molecule has 0 amide bonds. The summed E-state index contributed by atoms with van der Waals surface area (Å²) < 4.78 is 9.82. The van der Waals surface area contributed by atoms with Crippen LogP contribution in [-0.4, -0.2) is 33.0 Å². The normalized spacial score (nSPS) is 10.2. The van der Waals surface area contributed by atoms with E-state index in [1.807, 2.05) is 0 Å². The first-order chi connectivity index (χ1) is 8.29. The highest BCUT2D eigenvalue weighted by atomic mass is 32.2. The van der Waals surface area contributed by atoms with Gasteiger partial charge in [0.05, 0.1) is 6.61 Å². The Morgan fingerprint density at radius 2 is 2.35 bits per heavy atom. The second kappa shape index (κ2) is 5.39. The first-order valence-corrected chi connectivity index (χ1v) is 5.57. The molecule has 2 aromatic rings. The Bertz CT molecular complexity index is 502. The van der Waals surface area contributed by atoms with Crippen molar-refractivity contribution in [3.8, 4) is 0 Å². The molecular weight excluding hydrogens is 244 g/mol. The van der Waals surface area contributed by atoms with Crippen LogP contribution in [0.5, 0.6) is 0 Å². The Balaban J connectivity index is 2.06. The van der Waals surface area contributed by atoms with Gasteiger partial charge in [0, 0.05) is 6.20 Å². The number of carbonyl (C=O) groups is 1. The molecule has 0 aliphatic heterocycles. The molecule has 88 valence electrons. The zero-order valence-corrected chi connectivity index (χ0v) is 9.68. The van der Waals surface area contributed by atoms with Gasteiger partial charge in [-0.3, -0.25) is 0 Å². The van der Waals surface area contributed by atoms with E-state index in [0.29, 0.717) is 5.03 Å². The standard InChI is InChI=1S/C9H8N4O3S/c1-2-15-8(14)7-12-13-9(16-7)17-6-4-3-5-10-11-6/h3-5H,2H2,1H3. The molecule has 0 aliphatic carbocycles. The monoisotopic (exact) mass is 252 g/mol. The zero-order valence-electron chi connectivity index (χ0n) is 8.86. The van der Waals surface area contributed by atoms with Gasteiger partial charge in [-0.05, 0) is 30.8 Å². The molecule has 0 bridgehead atoms. The predicted molar refractivity (Wildman–Crippen MR) is 56.4 cm³/mol. The SMILES string of the molecule is CCOC(=O)c1nnc(Sc2cccnn2)o1. The van der Waals surface area contributed by atoms with Crippen LogP contribution in [0.4, 0.5) is 0 Å². The van der Waals surface area contributed by atoms with Gasteiger partial charge in [-0.2, -0.15) is 5.10 Å². The van der Waals surface area contributed by atoms with Crippen molar-refractivity contribution in [2.24, 2.45) is 0 Å². The Kier molecular flexibility index (Phi) is 3.66. The van der Waals surface area contributed by atoms with Crippen LogP contribution in [0.1, 0.15) is 17.6 Å². The number of nitrogens with zero attached hydrogens (tertiary/aromatic N) is 4. The lowest BCUT2D eigenvalue weighted by atomic mass is 10.6. The number of carbonyl (C=O) groups excluding carboxylic acids is 1. The lowest BCUT2D eigenvalue weighted by Gasteiger charge is -1.94. The number of hydrogen-bond acceptors (Lipinski definition) is 8. The van der Waals surface area contributed by atoms with E-state index in [0.717, 1.165) is 11.8 Å². The molecule has 0 saturated heterocycles. The average Bonchev–Trinajstić information content (AvgIpc) is 2.79. The minimum Gasteiger partial charge on any atom is -0.459 e. The smallest absolute Gasteiger partial charge is 0.396 e. The summed E-state index contributed by atoms with van der Waals surface area (Å²) in [6, 6.07) is 3.48. The van der Waals surface area contributed by atoms with Gasteiger partial charge in [0.25, 0.3) is 5.22 Å². The summed E-state index contributed by atoms with van der Waals surface area (Å²) in [5.41, 5.74) is 0. The molecule has 0 saturated carbocycles. The van der Waals surface area contributed by atoms with Crippen molar-refractivity contribution in [3.05, 3.63) is 24.2 Å². The van der Waals surface area contributed by atoms with Crippen LogP contribution in [0.25, 0.3) is 0 Å². The number of hydrogen-bond donors (Lipinski definition) is 0. The summed E-state index contributed by atoms with van der Waals surface area (Å²) in [4.78, 5) is 11.3. The van der Waals surface area contributed by atoms with Gasteiger partial charge in [0.1, 0.15) is 5.03 Å². The Hall–Kier alpha value is -1.96. The fourth-order valence-electron chi connectivity index (χ4n) is 0.958. The van der Waals surface area contributed by atoms with Gasteiger partial charge in [-0.25, -0.2) is 4.79 Å². The van der Waals surface area contributed by atoms with E-state index < -0.39 is 5.97 Å². The van der Waals surface area contributed by atoms with Crippen molar-refractivity contribution < 1.29 is 13.9 Å². The molecular formula is C9H8N4O3S. The van der Waals surface area contributed by atoms with Gasteiger partial charge >= 0.3 is 11.9 Å². The maximum Gasteiger partial charge on any atom is 0.396 e. The largest absolute Gasteiger partial charge is 0.459 e. The maximum absolute atomic E-state index is 11.3. The first-order valence-electron chi connectivity index (χ1n) is 4.75. The predicted octanol–water partition coefficient (Wildman–Crippen LogP) is 1.19. The molecule has 2 aromatic heterocycles. The highest BCUT2D eigenvalue weighted by molar-refractivity contribution is 7.99. The summed E-state index contributed by atoms with van der Waals surface area (Å²) in [6.07, 6.45) is 1.56. The molecule has 0 fully saturated rings. The molecule has 0 atom stereocenters. The summed E-state index contributed by atoms with van der Waals surface area (Å²) >= 11 is 1.12. The maximum atomic E-state index is 11.3. The number of rotatable bonds is 4. The van der Waals surface area contributed by atoms with Crippen LogP contribution in [0.2, 0.25) is 0 Å². The highest BCUT2D eigenvalue weighted by Crippen LogP contribution is 2.23. The Morgan fingerprint density at radius 1 is 1.47 bits per heavy atom. The molecule has 0 unspecified atom stereocenters. The lowest BCUT2D eigenvalue weighted by Crippen LogP contribution is -2.04. The van der Waals surface area contributed by atoms with Crippen LogP contribution in [0, 0.1) is 0 Å². The van der Waals surface area contributed by atoms with Crippen molar-refractivity contribution in [3.63, 3.8) is 0 Å². The fourth-order valence-corrected chi connectivity index (χ4v) is 1.57. The third kappa shape index (κ3) is 3.00. The molecule has 2 heterocycles. The van der Waals surface area contributed by atoms with Gasteiger partial charge < -0.3 is 9.15 Å². The van der Waals surface area contributed by atoms with Crippen molar-refractivity contribution in [2.45, 2.75) is 17.2 Å². The number of esters is 1. The second-order valence-electron chi connectivity index (χ2n) is 2.76. The van der Waals surface area contributed by atoms with E-state index in [9.17, 15) is 4.79 Å². The molecule has 2 rings (SSSR count). The van der Waals surface area contributed by atoms with Crippen molar-refractivity contribution in [2.75, 3.05) is 6.61 Å². The van der Waals surface area contributed by atoms with Crippen LogP contribution < -0.4 is 0 Å². The molecule has 8 heteroatoms. The van der Waals surface area contributed by atoms with E-state index in [1.165, 1.54) is 0 Å². The van der Waals surface area contributed by atoms with E-state index in [-0.39, 0.29) is 17.7 Å².